The molecule has 0 atom stereocenters. The molecule has 8 heavy (non-hydrogen) atoms. The number of Topliss-reactive ketones (excluding diaryl/α,β-unsaturated/α-hetero) is 1. The first kappa shape index (κ1) is 7.74. The highest BCUT2D eigenvalue weighted by Crippen LogP contribution is 1.90. The summed E-state index contributed by atoms with van der Waals surface area (Å²) < 4.78 is -0.306. The molecule has 0 aromatic rings. The lowest BCUT2D eigenvalue weighted by atomic mass is 10.3. The van der Waals surface area contributed by atoms with Gasteiger partial charge in [-0.1, -0.05) is 0 Å². The van der Waals surface area contributed by atoms with Gasteiger partial charge < -0.3 is 0 Å². The van der Waals surface area contributed by atoms with Gasteiger partial charge in [-0.3, -0.25) is 14.4 Å². The van der Waals surface area contributed by atoms with Gasteiger partial charge in [-0.25, -0.2) is 0 Å². The summed E-state index contributed by atoms with van der Waals surface area (Å²) in [6.45, 7) is 0. The highest BCUT2D eigenvalue weighted by Gasteiger charge is 2.02. The predicted molar refractivity (Wildman–Crippen MR) is 34.7 cm³/mol. The number of rotatable bonds is 3. The van der Waals surface area contributed by atoms with Crippen molar-refractivity contribution in [1.82, 2.24) is 0 Å². The number of ketones is 1. The van der Waals surface area contributed by atoms with Gasteiger partial charge in [0.15, 0.2) is 10.1 Å². The molecule has 0 rings (SSSR count). The highest BCUT2D eigenvalue weighted by atomic mass is 127. The molecule has 44 valence electrons. The van der Waals surface area contributed by atoms with E-state index in [-0.39, 0.29) is 16.5 Å². The Bertz CT molecular complexity index is 129. The van der Waals surface area contributed by atoms with Crippen LogP contribution in [0.5, 0.6) is 0 Å². The zero-order chi connectivity index (χ0) is 6.57. The quantitative estimate of drug-likeness (QED) is 0.225. The van der Waals surface area contributed by atoms with Crippen molar-refractivity contribution < 1.29 is 14.4 Å². The number of carbonyl (C=O) groups excluding carboxylic acids is 3. The lowest BCUT2D eigenvalue weighted by Crippen LogP contribution is -2.01. The average molecular weight is 226 g/mol. The van der Waals surface area contributed by atoms with Gasteiger partial charge in [0, 0.05) is 22.6 Å². The maximum Gasteiger partial charge on any atom is 0.203 e. The lowest BCUT2D eigenvalue weighted by Gasteiger charge is -1.79. The van der Waals surface area contributed by atoms with Gasteiger partial charge in [-0.2, -0.15) is 0 Å². The second-order valence-electron chi connectivity index (χ2n) is 1.12. The molecule has 0 unspecified atom stereocenters. The van der Waals surface area contributed by atoms with E-state index in [1.165, 1.54) is 22.6 Å². The zero-order valence-corrected chi connectivity index (χ0v) is 6.04. The normalized spacial score (nSPS) is 8.12. The summed E-state index contributed by atoms with van der Waals surface area (Å²) in [6, 6.07) is 0. The molecule has 0 saturated carbocycles. The van der Waals surface area contributed by atoms with Crippen molar-refractivity contribution in [2.75, 3.05) is 0 Å². The number of aldehydes is 1. The first-order chi connectivity index (χ1) is 3.66. The standard InChI is InChI=1S/C4H3IO3/c5-4(8)1-3(7)2-6/h2H,1H2. The fourth-order valence-electron chi connectivity index (χ4n) is 0.179. The summed E-state index contributed by atoms with van der Waals surface area (Å²) in [7, 11) is 0. The summed E-state index contributed by atoms with van der Waals surface area (Å²) in [5.74, 6) is -0.663. The van der Waals surface area contributed by atoms with Gasteiger partial charge in [0.25, 0.3) is 0 Å². The van der Waals surface area contributed by atoms with Crippen molar-refractivity contribution >= 4 is 38.5 Å². The molecule has 0 spiro atoms. The molecular weight excluding hydrogens is 223 g/mol. The van der Waals surface area contributed by atoms with Crippen LogP contribution in [-0.2, 0) is 14.4 Å². The Morgan fingerprint density at radius 2 is 2.00 bits per heavy atom. The van der Waals surface area contributed by atoms with E-state index < -0.39 is 5.78 Å². The van der Waals surface area contributed by atoms with Crippen molar-refractivity contribution in [2.24, 2.45) is 0 Å². The van der Waals surface area contributed by atoms with Gasteiger partial charge in [0.05, 0.1) is 6.42 Å². The number of hydrogen-bond acceptors (Lipinski definition) is 3. The summed E-state index contributed by atoms with van der Waals surface area (Å²) in [5, 5.41) is 0. The third-order valence-corrected chi connectivity index (χ3v) is 0.826. The van der Waals surface area contributed by atoms with Gasteiger partial charge in [-0.05, 0) is 0 Å². The number of carbonyl (C=O) groups is 3. The van der Waals surface area contributed by atoms with Crippen molar-refractivity contribution in [3.8, 4) is 0 Å². The summed E-state index contributed by atoms with van der Waals surface area (Å²) in [5.41, 5.74) is 0. The van der Waals surface area contributed by atoms with Gasteiger partial charge >= 0.3 is 0 Å². The zero-order valence-electron chi connectivity index (χ0n) is 3.89. The minimum Gasteiger partial charge on any atom is -0.295 e. The van der Waals surface area contributed by atoms with Crippen LogP contribution in [0, 0.1) is 0 Å². The average Bonchev–Trinajstić information content (AvgIpc) is 1.65. The molecule has 0 radical (unpaired) electrons. The molecule has 0 heterocycles. The fraction of sp³-hybridized carbons (Fsp3) is 0.250. The number of halogens is 1. The first-order valence-electron chi connectivity index (χ1n) is 1.83. The van der Waals surface area contributed by atoms with Gasteiger partial charge in [0.2, 0.25) is 5.78 Å². The van der Waals surface area contributed by atoms with E-state index in [1.54, 1.807) is 0 Å². The molecule has 0 aliphatic rings. The van der Waals surface area contributed by atoms with Crippen LogP contribution in [0.3, 0.4) is 0 Å². The largest absolute Gasteiger partial charge is 0.295 e. The minimum absolute atomic E-state index is 0.149. The number of hydrogen-bond donors (Lipinski definition) is 0. The van der Waals surface area contributed by atoms with Crippen LogP contribution < -0.4 is 0 Å². The molecule has 3 nitrogen and oxygen atoms in total. The van der Waals surface area contributed by atoms with Crippen LogP contribution >= 0.6 is 22.6 Å². The Labute approximate surface area is 59.6 Å². The summed E-state index contributed by atoms with van der Waals surface area (Å²) >= 11 is 1.46. The maximum absolute atomic E-state index is 10.0. The van der Waals surface area contributed by atoms with Crippen molar-refractivity contribution in [2.45, 2.75) is 6.42 Å². The smallest absolute Gasteiger partial charge is 0.203 e. The Hall–Kier alpha value is -0.260. The lowest BCUT2D eigenvalue weighted by molar-refractivity contribution is -0.131. The Kier molecular flexibility index (Phi) is 3.59. The Morgan fingerprint density at radius 3 is 2.12 bits per heavy atom. The predicted octanol–water partition coefficient (Wildman–Crippen LogP) is 0.106. The van der Waals surface area contributed by atoms with Crippen molar-refractivity contribution in [1.29, 1.82) is 0 Å². The van der Waals surface area contributed by atoms with E-state index in [9.17, 15) is 14.4 Å². The van der Waals surface area contributed by atoms with Crippen LogP contribution in [-0.4, -0.2) is 15.9 Å². The van der Waals surface area contributed by atoms with Crippen molar-refractivity contribution in [3.63, 3.8) is 0 Å². The third kappa shape index (κ3) is 3.91. The molecule has 0 aliphatic heterocycles. The van der Waals surface area contributed by atoms with E-state index in [2.05, 4.69) is 0 Å². The molecule has 0 saturated heterocycles. The topological polar surface area (TPSA) is 51.2 Å². The SMILES string of the molecule is O=CC(=O)CC(=O)I. The van der Waals surface area contributed by atoms with E-state index in [4.69, 9.17) is 0 Å². The molecule has 4 heteroatoms. The molecule has 0 bridgehead atoms. The molecule has 0 N–H and O–H groups in total. The fourth-order valence-corrected chi connectivity index (χ4v) is 0.555. The molecule has 0 aromatic carbocycles. The van der Waals surface area contributed by atoms with E-state index >= 15 is 0 Å². The molecular formula is C4H3IO3. The Balaban J connectivity index is 3.55. The van der Waals surface area contributed by atoms with E-state index in [0.717, 1.165) is 0 Å². The molecule has 0 aromatic heterocycles. The highest BCUT2D eigenvalue weighted by molar-refractivity contribution is 14.1. The maximum atomic E-state index is 10.0. The summed E-state index contributed by atoms with van der Waals surface area (Å²) in [4.78, 5) is 29.6. The molecule has 0 amide bonds. The van der Waals surface area contributed by atoms with Crippen LogP contribution in [0.2, 0.25) is 0 Å². The van der Waals surface area contributed by atoms with Gasteiger partial charge in [0.1, 0.15) is 0 Å². The first-order valence-corrected chi connectivity index (χ1v) is 2.91. The van der Waals surface area contributed by atoms with Crippen LogP contribution in [0.1, 0.15) is 6.42 Å². The monoisotopic (exact) mass is 226 g/mol. The summed E-state index contributed by atoms with van der Waals surface area (Å²) in [6.07, 6.45) is -0.124. The van der Waals surface area contributed by atoms with Crippen LogP contribution in [0.15, 0.2) is 0 Å². The second-order valence-corrected chi connectivity index (χ2v) is 2.32. The molecule has 0 fully saturated rings. The minimum atomic E-state index is -0.663. The Morgan fingerprint density at radius 1 is 1.50 bits per heavy atom. The van der Waals surface area contributed by atoms with Gasteiger partial charge in [-0.15, -0.1) is 0 Å². The van der Waals surface area contributed by atoms with E-state index in [0.29, 0.717) is 0 Å². The van der Waals surface area contributed by atoms with Crippen LogP contribution in [0.25, 0.3) is 0 Å². The third-order valence-electron chi connectivity index (χ3n) is 0.445. The van der Waals surface area contributed by atoms with Crippen LogP contribution in [0.4, 0.5) is 0 Å². The van der Waals surface area contributed by atoms with Crippen molar-refractivity contribution in [3.05, 3.63) is 0 Å². The second kappa shape index (κ2) is 3.71. The van der Waals surface area contributed by atoms with E-state index in [1.807, 2.05) is 0 Å². The molecule has 0 aliphatic carbocycles.